The molecule has 6 nitrogen and oxygen atoms in total. The van der Waals surface area contributed by atoms with Crippen molar-refractivity contribution in [2.45, 2.75) is 24.2 Å². The topological polar surface area (TPSA) is 75.7 Å². The largest absolute Gasteiger partial charge is 0.494 e. The molecule has 1 amide bonds. The second-order valence-corrected chi connectivity index (χ2v) is 8.25. The van der Waals surface area contributed by atoms with E-state index in [0.29, 0.717) is 18.9 Å². The molecule has 1 heterocycles. The smallest absolute Gasteiger partial charge is 0.225 e. The number of hydrogen-bond donors (Lipinski definition) is 1. The number of piperidine rings is 1. The normalized spacial score (nSPS) is 15.9. The van der Waals surface area contributed by atoms with Crippen LogP contribution in [0.3, 0.4) is 0 Å². The van der Waals surface area contributed by atoms with Crippen LogP contribution >= 0.6 is 0 Å². The van der Waals surface area contributed by atoms with Crippen LogP contribution in [0.4, 0.5) is 0 Å². The van der Waals surface area contributed by atoms with E-state index in [-0.39, 0.29) is 16.7 Å². The summed E-state index contributed by atoms with van der Waals surface area (Å²) in [6.45, 7) is 2.97. The fraction of sp³-hybridized carbons (Fsp3) is 0.588. The number of hydrogen-bond acceptors (Lipinski definition) is 5. The van der Waals surface area contributed by atoms with Gasteiger partial charge in [-0.2, -0.15) is 0 Å². The summed E-state index contributed by atoms with van der Waals surface area (Å²) in [6, 6.07) is 6.38. The van der Waals surface area contributed by atoms with Gasteiger partial charge in [-0.05, 0) is 56.6 Å². The maximum atomic E-state index is 12.3. The Hall–Kier alpha value is -1.60. The highest BCUT2D eigenvalue weighted by molar-refractivity contribution is 7.90. The highest BCUT2D eigenvalue weighted by Crippen LogP contribution is 2.17. The van der Waals surface area contributed by atoms with E-state index >= 15 is 0 Å². The molecule has 0 saturated carbocycles. The highest BCUT2D eigenvalue weighted by Gasteiger charge is 2.23. The zero-order valence-electron chi connectivity index (χ0n) is 14.3. The number of amides is 1. The van der Waals surface area contributed by atoms with Gasteiger partial charge in [0, 0.05) is 25.8 Å². The average Bonchev–Trinajstić information content (AvgIpc) is 2.58. The number of nitrogens with one attached hydrogen (secondary N) is 1. The van der Waals surface area contributed by atoms with Gasteiger partial charge >= 0.3 is 0 Å². The first-order valence-corrected chi connectivity index (χ1v) is 10.2. The summed E-state index contributed by atoms with van der Waals surface area (Å²) < 4.78 is 28.4. The van der Waals surface area contributed by atoms with Gasteiger partial charge in [-0.1, -0.05) is 0 Å². The second-order valence-electron chi connectivity index (χ2n) is 6.23. The predicted molar refractivity (Wildman–Crippen MR) is 92.9 cm³/mol. The Kier molecular flexibility index (Phi) is 6.62. The summed E-state index contributed by atoms with van der Waals surface area (Å²) >= 11 is 0. The van der Waals surface area contributed by atoms with E-state index in [1.807, 2.05) is 7.05 Å². The lowest BCUT2D eigenvalue weighted by Gasteiger charge is -2.26. The molecule has 0 aliphatic carbocycles. The Morgan fingerprint density at radius 3 is 2.46 bits per heavy atom. The molecule has 0 unspecified atom stereocenters. The van der Waals surface area contributed by atoms with Crippen LogP contribution in [0.25, 0.3) is 0 Å². The lowest BCUT2D eigenvalue weighted by atomic mass is 9.97. The summed E-state index contributed by atoms with van der Waals surface area (Å²) in [5.41, 5.74) is 0. The van der Waals surface area contributed by atoms with Crippen molar-refractivity contribution >= 4 is 15.7 Å². The third kappa shape index (κ3) is 5.49. The van der Waals surface area contributed by atoms with Gasteiger partial charge in [0.2, 0.25) is 5.91 Å². The van der Waals surface area contributed by atoms with E-state index in [9.17, 15) is 13.2 Å². The lowest BCUT2D eigenvalue weighted by molar-refractivity contribution is -0.135. The molecule has 1 saturated heterocycles. The van der Waals surface area contributed by atoms with Gasteiger partial charge in [0.15, 0.2) is 9.84 Å². The minimum Gasteiger partial charge on any atom is -0.494 e. The molecule has 134 valence electrons. The molecule has 1 N–H and O–H groups in total. The zero-order valence-corrected chi connectivity index (χ0v) is 15.1. The molecule has 1 aliphatic heterocycles. The van der Waals surface area contributed by atoms with Crippen molar-refractivity contribution in [3.8, 4) is 5.75 Å². The SMILES string of the molecule is CN(CCCOc1ccc(S(C)(=O)=O)cc1)C(=O)C1CCNCC1. The van der Waals surface area contributed by atoms with Crippen LogP contribution < -0.4 is 10.1 Å². The van der Waals surface area contributed by atoms with Gasteiger partial charge in [0.05, 0.1) is 11.5 Å². The van der Waals surface area contributed by atoms with Crippen molar-refractivity contribution in [1.82, 2.24) is 10.2 Å². The molecule has 7 heteroatoms. The van der Waals surface area contributed by atoms with Gasteiger partial charge in [-0.15, -0.1) is 0 Å². The van der Waals surface area contributed by atoms with Gasteiger partial charge in [0.1, 0.15) is 5.75 Å². The first-order chi connectivity index (χ1) is 11.4. The van der Waals surface area contributed by atoms with E-state index in [0.717, 1.165) is 32.4 Å². The van der Waals surface area contributed by atoms with Crippen LogP contribution in [0.5, 0.6) is 5.75 Å². The van der Waals surface area contributed by atoms with Crippen molar-refractivity contribution in [2.75, 3.05) is 39.5 Å². The Labute approximate surface area is 144 Å². The van der Waals surface area contributed by atoms with Crippen molar-refractivity contribution in [2.24, 2.45) is 5.92 Å². The van der Waals surface area contributed by atoms with Gasteiger partial charge in [-0.25, -0.2) is 8.42 Å². The molecule has 0 atom stereocenters. The number of ether oxygens (including phenoxy) is 1. The molecular weight excluding hydrogens is 328 g/mol. The zero-order chi connectivity index (χ0) is 17.6. The number of rotatable bonds is 7. The number of carbonyl (C=O) groups is 1. The Morgan fingerprint density at radius 1 is 1.25 bits per heavy atom. The Balaban J connectivity index is 1.71. The molecule has 1 aromatic rings. The monoisotopic (exact) mass is 354 g/mol. The molecule has 1 aromatic carbocycles. The second kappa shape index (κ2) is 8.48. The van der Waals surface area contributed by atoms with Crippen molar-refractivity contribution < 1.29 is 17.9 Å². The molecule has 1 aliphatic rings. The van der Waals surface area contributed by atoms with Gasteiger partial charge < -0.3 is 15.0 Å². The average molecular weight is 354 g/mol. The molecule has 0 spiro atoms. The molecule has 0 radical (unpaired) electrons. The summed E-state index contributed by atoms with van der Waals surface area (Å²) in [5.74, 6) is 0.990. The van der Waals surface area contributed by atoms with E-state index in [4.69, 9.17) is 4.74 Å². The summed E-state index contributed by atoms with van der Waals surface area (Å²) in [4.78, 5) is 14.4. The van der Waals surface area contributed by atoms with E-state index < -0.39 is 9.84 Å². The number of benzene rings is 1. The van der Waals surface area contributed by atoms with Crippen LogP contribution in [-0.4, -0.2) is 58.8 Å². The molecular formula is C17H26N2O4S. The fourth-order valence-corrected chi connectivity index (χ4v) is 3.40. The maximum absolute atomic E-state index is 12.3. The number of sulfone groups is 1. The third-order valence-electron chi connectivity index (χ3n) is 4.22. The van der Waals surface area contributed by atoms with E-state index in [2.05, 4.69) is 5.32 Å². The van der Waals surface area contributed by atoms with Gasteiger partial charge in [0.25, 0.3) is 0 Å². The Bertz CT molecular complexity index is 637. The van der Waals surface area contributed by atoms with Crippen molar-refractivity contribution in [1.29, 1.82) is 0 Å². The summed E-state index contributed by atoms with van der Waals surface area (Å²) in [5, 5.41) is 3.26. The van der Waals surface area contributed by atoms with Gasteiger partial charge in [-0.3, -0.25) is 4.79 Å². The number of carbonyl (C=O) groups excluding carboxylic acids is 1. The molecule has 0 aromatic heterocycles. The van der Waals surface area contributed by atoms with Crippen LogP contribution in [-0.2, 0) is 14.6 Å². The molecule has 24 heavy (non-hydrogen) atoms. The van der Waals surface area contributed by atoms with Crippen LogP contribution in [0.15, 0.2) is 29.2 Å². The maximum Gasteiger partial charge on any atom is 0.225 e. The van der Waals surface area contributed by atoms with Crippen LogP contribution in [0.1, 0.15) is 19.3 Å². The highest BCUT2D eigenvalue weighted by atomic mass is 32.2. The fourth-order valence-electron chi connectivity index (χ4n) is 2.77. The van der Waals surface area contributed by atoms with Crippen LogP contribution in [0, 0.1) is 5.92 Å². The predicted octanol–water partition coefficient (Wildman–Crippen LogP) is 1.32. The summed E-state index contributed by atoms with van der Waals surface area (Å²) in [6.07, 6.45) is 3.73. The standard InChI is InChI=1S/C17H26N2O4S/c1-19(17(20)14-8-10-18-11-9-14)12-3-13-23-15-4-6-16(7-5-15)24(2,21)22/h4-7,14,18H,3,8-13H2,1-2H3. The van der Waals surface area contributed by atoms with Crippen molar-refractivity contribution in [3.05, 3.63) is 24.3 Å². The van der Waals surface area contributed by atoms with E-state index in [1.54, 1.807) is 17.0 Å². The molecule has 2 rings (SSSR count). The summed E-state index contributed by atoms with van der Waals surface area (Å²) in [7, 11) is -1.34. The third-order valence-corrected chi connectivity index (χ3v) is 5.35. The quantitative estimate of drug-likeness (QED) is 0.748. The van der Waals surface area contributed by atoms with Crippen LogP contribution in [0.2, 0.25) is 0 Å². The molecule has 0 bridgehead atoms. The molecule has 1 fully saturated rings. The Morgan fingerprint density at radius 2 is 1.88 bits per heavy atom. The minimum atomic E-state index is -3.18. The number of nitrogens with zero attached hydrogens (tertiary/aromatic N) is 1. The first kappa shape index (κ1) is 18.7. The first-order valence-electron chi connectivity index (χ1n) is 8.26. The van der Waals surface area contributed by atoms with Crippen molar-refractivity contribution in [3.63, 3.8) is 0 Å². The lowest BCUT2D eigenvalue weighted by Crippen LogP contribution is -2.39. The van der Waals surface area contributed by atoms with E-state index in [1.165, 1.54) is 18.4 Å². The minimum absolute atomic E-state index is 0.140.